The van der Waals surface area contributed by atoms with Gasteiger partial charge in [0.25, 0.3) is 0 Å². The SMILES string of the molecule is FC(F)(F)Oc1cccc(C(CNCc2cccc3c2OC(F)(F)O3)(Cc2ccccc2)c2cccc(OC(F)(F)F)c2)c1. The molecule has 4 aromatic rings. The quantitative estimate of drug-likeness (QED) is 0.181. The van der Waals surface area contributed by atoms with Crippen LogP contribution in [0.15, 0.2) is 97.1 Å². The van der Waals surface area contributed by atoms with Gasteiger partial charge in [0.1, 0.15) is 11.5 Å². The lowest BCUT2D eigenvalue weighted by Crippen LogP contribution is -2.41. The van der Waals surface area contributed by atoms with Gasteiger partial charge in [0.15, 0.2) is 11.5 Å². The Labute approximate surface area is 245 Å². The van der Waals surface area contributed by atoms with E-state index in [0.29, 0.717) is 5.56 Å². The van der Waals surface area contributed by atoms with E-state index in [4.69, 9.17) is 0 Å². The fraction of sp³-hybridized carbons (Fsp3) is 0.226. The van der Waals surface area contributed by atoms with Crippen LogP contribution in [0.1, 0.15) is 22.3 Å². The topological polar surface area (TPSA) is 49.0 Å². The van der Waals surface area contributed by atoms with Gasteiger partial charge in [-0.1, -0.05) is 66.7 Å². The molecule has 0 radical (unpaired) electrons. The van der Waals surface area contributed by atoms with Gasteiger partial charge in [-0.2, -0.15) is 0 Å². The fourth-order valence-corrected chi connectivity index (χ4v) is 5.14. The van der Waals surface area contributed by atoms with Crippen LogP contribution in [-0.4, -0.2) is 25.6 Å². The second-order valence-corrected chi connectivity index (χ2v) is 9.91. The Morgan fingerprint density at radius 3 is 1.80 bits per heavy atom. The van der Waals surface area contributed by atoms with Gasteiger partial charge in [-0.05, 0) is 53.4 Å². The van der Waals surface area contributed by atoms with Gasteiger partial charge < -0.3 is 24.3 Å². The summed E-state index contributed by atoms with van der Waals surface area (Å²) in [5.74, 6) is -1.45. The van der Waals surface area contributed by atoms with E-state index in [1.54, 1.807) is 30.3 Å². The summed E-state index contributed by atoms with van der Waals surface area (Å²) in [4.78, 5) is 0. The third-order valence-corrected chi connectivity index (χ3v) is 6.84. The molecule has 1 heterocycles. The van der Waals surface area contributed by atoms with Crippen LogP contribution in [0.4, 0.5) is 35.1 Å². The first-order valence-electron chi connectivity index (χ1n) is 13.1. The van der Waals surface area contributed by atoms with Crippen molar-refractivity contribution >= 4 is 0 Å². The number of ether oxygens (including phenoxy) is 4. The van der Waals surface area contributed by atoms with Crippen LogP contribution in [0.25, 0.3) is 0 Å². The monoisotopic (exact) mass is 625 g/mol. The molecule has 0 fully saturated rings. The molecule has 0 bridgehead atoms. The lowest BCUT2D eigenvalue weighted by molar-refractivity contribution is -0.287. The van der Waals surface area contributed by atoms with Crippen LogP contribution in [0.5, 0.6) is 23.0 Å². The predicted octanol–water partition coefficient (Wildman–Crippen LogP) is 8.12. The van der Waals surface area contributed by atoms with E-state index in [1.165, 1.54) is 42.5 Å². The number of nitrogens with one attached hydrogen (secondary N) is 1. The molecule has 1 aliphatic rings. The number of alkyl halides is 8. The van der Waals surface area contributed by atoms with Gasteiger partial charge in [-0.25, -0.2) is 0 Å². The Balaban J connectivity index is 1.60. The normalized spacial score (nSPS) is 14.4. The molecule has 1 aliphatic heterocycles. The lowest BCUT2D eigenvalue weighted by Gasteiger charge is -2.36. The van der Waals surface area contributed by atoms with Crippen LogP contribution in [-0.2, 0) is 18.4 Å². The molecular weight excluding hydrogens is 602 g/mol. The highest BCUT2D eigenvalue weighted by Crippen LogP contribution is 2.44. The van der Waals surface area contributed by atoms with Gasteiger partial charge in [-0.3, -0.25) is 0 Å². The van der Waals surface area contributed by atoms with Crippen LogP contribution < -0.4 is 24.3 Å². The van der Waals surface area contributed by atoms with E-state index in [-0.39, 0.29) is 47.7 Å². The van der Waals surface area contributed by atoms with Crippen molar-refractivity contribution in [3.05, 3.63) is 119 Å². The summed E-state index contributed by atoms with van der Waals surface area (Å²) in [6.07, 6.45) is -13.8. The maximum Gasteiger partial charge on any atom is 0.586 e. The summed E-state index contributed by atoms with van der Waals surface area (Å²) in [7, 11) is 0. The Morgan fingerprint density at radius 2 is 1.23 bits per heavy atom. The molecule has 13 heteroatoms. The second-order valence-electron chi connectivity index (χ2n) is 9.91. The van der Waals surface area contributed by atoms with Crippen molar-refractivity contribution < 1.29 is 54.1 Å². The van der Waals surface area contributed by atoms with Gasteiger partial charge in [-0.15, -0.1) is 35.1 Å². The van der Waals surface area contributed by atoms with E-state index in [9.17, 15) is 35.1 Å². The number of halogens is 8. The Kier molecular flexibility index (Phi) is 8.34. The summed E-state index contributed by atoms with van der Waals surface area (Å²) < 4.78 is 124. The third-order valence-electron chi connectivity index (χ3n) is 6.84. The van der Waals surface area contributed by atoms with E-state index >= 15 is 0 Å². The fourth-order valence-electron chi connectivity index (χ4n) is 5.14. The zero-order valence-corrected chi connectivity index (χ0v) is 22.5. The van der Waals surface area contributed by atoms with Crippen molar-refractivity contribution in [1.29, 1.82) is 0 Å². The minimum absolute atomic E-state index is 0.0728. The molecule has 232 valence electrons. The Hall–Kier alpha value is -4.52. The zero-order valence-electron chi connectivity index (χ0n) is 22.5. The van der Waals surface area contributed by atoms with E-state index < -0.39 is 35.9 Å². The van der Waals surface area contributed by atoms with Crippen LogP contribution in [0.3, 0.4) is 0 Å². The highest BCUT2D eigenvalue weighted by molar-refractivity contribution is 5.50. The summed E-state index contributed by atoms with van der Waals surface area (Å²) >= 11 is 0. The predicted molar refractivity (Wildman–Crippen MR) is 142 cm³/mol. The second kappa shape index (κ2) is 11.9. The van der Waals surface area contributed by atoms with Gasteiger partial charge >= 0.3 is 19.0 Å². The molecule has 0 spiro atoms. The van der Waals surface area contributed by atoms with Gasteiger partial charge in [0.2, 0.25) is 0 Å². The number of para-hydroxylation sites is 1. The minimum Gasteiger partial charge on any atom is -0.406 e. The standard InChI is InChI=1S/C31H23F8NO4/c32-29(33,34)41-24-12-5-10-22(15-24)28(17-20-7-2-1-3-8-20,23-11-6-13-25(16-23)42-30(35,36)37)19-40-18-21-9-4-14-26-27(21)44-31(38,39)43-26/h1-16,40H,17-19H2. The molecule has 5 nitrogen and oxygen atoms in total. The highest BCUT2D eigenvalue weighted by atomic mass is 19.4. The van der Waals surface area contributed by atoms with E-state index in [2.05, 4.69) is 24.3 Å². The lowest BCUT2D eigenvalue weighted by atomic mass is 9.70. The molecule has 0 unspecified atom stereocenters. The van der Waals surface area contributed by atoms with Crippen LogP contribution >= 0.6 is 0 Å². The average Bonchev–Trinajstić information content (AvgIpc) is 3.26. The Bertz CT molecular complexity index is 1530. The van der Waals surface area contributed by atoms with Crippen LogP contribution in [0.2, 0.25) is 0 Å². The van der Waals surface area contributed by atoms with E-state index in [1.807, 2.05) is 0 Å². The molecule has 0 amide bonds. The summed E-state index contributed by atoms with van der Waals surface area (Å²) in [5.41, 5.74) is 0.191. The summed E-state index contributed by atoms with van der Waals surface area (Å²) in [5, 5.41) is 3.15. The minimum atomic E-state index is -5.00. The molecule has 0 atom stereocenters. The van der Waals surface area contributed by atoms with Crippen molar-refractivity contribution in [2.24, 2.45) is 0 Å². The van der Waals surface area contributed by atoms with Crippen molar-refractivity contribution in [3.8, 4) is 23.0 Å². The van der Waals surface area contributed by atoms with Crippen molar-refractivity contribution in [1.82, 2.24) is 5.32 Å². The number of hydrogen-bond acceptors (Lipinski definition) is 5. The highest BCUT2D eigenvalue weighted by Gasteiger charge is 2.44. The van der Waals surface area contributed by atoms with Crippen molar-refractivity contribution in [3.63, 3.8) is 0 Å². The number of hydrogen-bond donors (Lipinski definition) is 1. The first-order valence-corrected chi connectivity index (χ1v) is 13.1. The molecule has 1 N–H and O–H groups in total. The average molecular weight is 626 g/mol. The molecule has 44 heavy (non-hydrogen) atoms. The molecule has 4 aromatic carbocycles. The van der Waals surface area contributed by atoms with Crippen molar-refractivity contribution in [2.75, 3.05) is 6.54 Å². The Morgan fingerprint density at radius 1 is 0.659 bits per heavy atom. The zero-order chi connectivity index (χ0) is 31.6. The smallest absolute Gasteiger partial charge is 0.406 e. The maximum absolute atomic E-state index is 13.8. The molecule has 0 saturated heterocycles. The van der Waals surface area contributed by atoms with Crippen molar-refractivity contribution in [2.45, 2.75) is 37.4 Å². The number of benzene rings is 4. The third kappa shape index (κ3) is 7.51. The van der Waals surface area contributed by atoms with E-state index in [0.717, 1.165) is 24.3 Å². The molecule has 0 aliphatic carbocycles. The molecule has 5 rings (SSSR count). The summed E-state index contributed by atoms with van der Waals surface area (Å²) in [6.45, 7) is -0.162. The molecule has 0 aromatic heterocycles. The summed E-state index contributed by atoms with van der Waals surface area (Å²) in [6, 6.07) is 23.3. The van der Waals surface area contributed by atoms with Crippen LogP contribution in [0, 0.1) is 0 Å². The maximum atomic E-state index is 13.8. The molecule has 0 saturated carbocycles. The van der Waals surface area contributed by atoms with Gasteiger partial charge in [0, 0.05) is 24.1 Å². The number of fused-ring (bicyclic) bond motifs is 1. The first kappa shape index (κ1) is 30.9. The molecular formula is C31H23F8NO4. The number of rotatable bonds is 10. The van der Waals surface area contributed by atoms with Gasteiger partial charge in [0.05, 0.1) is 0 Å². The first-order chi connectivity index (χ1) is 20.7. The largest absolute Gasteiger partial charge is 0.586 e.